The molecule has 0 spiro atoms. The highest BCUT2D eigenvalue weighted by Gasteiger charge is 2.22. The van der Waals surface area contributed by atoms with Gasteiger partial charge >= 0.3 is 0 Å². The lowest BCUT2D eigenvalue weighted by molar-refractivity contribution is -0.120. The standard InChI is InChI=1S/C17H16N4O2/c18-10-15-14(5-3-8-19-15)20-11-17(22)21-13-7-9-23-16-6-2-1-4-12(13)16/h1-6,8,13,20H,7,9,11H2,(H,21,22). The van der Waals surface area contributed by atoms with Gasteiger partial charge in [-0.1, -0.05) is 18.2 Å². The molecule has 116 valence electrons. The van der Waals surface area contributed by atoms with Crippen LogP contribution in [0.3, 0.4) is 0 Å². The third-order valence-electron chi connectivity index (χ3n) is 3.65. The van der Waals surface area contributed by atoms with Gasteiger partial charge in [-0.05, 0) is 18.2 Å². The number of aromatic nitrogens is 1. The average molecular weight is 308 g/mol. The lowest BCUT2D eigenvalue weighted by Crippen LogP contribution is -2.35. The first-order chi connectivity index (χ1) is 11.3. The molecular weight excluding hydrogens is 292 g/mol. The van der Waals surface area contributed by atoms with E-state index in [-0.39, 0.29) is 24.2 Å². The Kier molecular flexibility index (Phi) is 4.39. The van der Waals surface area contributed by atoms with E-state index >= 15 is 0 Å². The fraction of sp³-hybridized carbons (Fsp3) is 0.235. The van der Waals surface area contributed by atoms with Gasteiger partial charge in [-0.25, -0.2) is 4.98 Å². The fourth-order valence-corrected chi connectivity index (χ4v) is 2.55. The van der Waals surface area contributed by atoms with Crippen LogP contribution >= 0.6 is 0 Å². The zero-order valence-electron chi connectivity index (χ0n) is 12.5. The second kappa shape index (κ2) is 6.79. The highest BCUT2D eigenvalue weighted by atomic mass is 16.5. The largest absolute Gasteiger partial charge is 0.493 e. The van der Waals surface area contributed by atoms with Gasteiger partial charge in [0.15, 0.2) is 5.69 Å². The summed E-state index contributed by atoms with van der Waals surface area (Å²) in [7, 11) is 0. The quantitative estimate of drug-likeness (QED) is 0.902. The number of para-hydroxylation sites is 1. The Bertz CT molecular complexity index is 754. The molecule has 6 nitrogen and oxygen atoms in total. The third kappa shape index (κ3) is 3.40. The molecule has 1 aromatic heterocycles. The summed E-state index contributed by atoms with van der Waals surface area (Å²) in [5.74, 6) is 0.676. The van der Waals surface area contributed by atoms with E-state index in [0.717, 1.165) is 17.7 Å². The molecule has 6 heteroatoms. The van der Waals surface area contributed by atoms with Crippen molar-refractivity contribution < 1.29 is 9.53 Å². The number of benzene rings is 1. The summed E-state index contributed by atoms with van der Waals surface area (Å²) in [5.41, 5.74) is 1.82. The predicted octanol–water partition coefficient (Wildman–Crippen LogP) is 2.01. The molecule has 0 bridgehead atoms. The van der Waals surface area contributed by atoms with Gasteiger partial charge in [-0.2, -0.15) is 5.26 Å². The number of anilines is 1. The average Bonchev–Trinajstić information content (AvgIpc) is 2.60. The van der Waals surface area contributed by atoms with Crippen molar-refractivity contribution in [1.29, 1.82) is 5.26 Å². The number of nitrogens with zero attached hydrogens (tertiary/aromatic N) is 2. The smallest absolute Gasteiger partial charge is 0.239 e. The first-order valence-electron chi connectivity index (χ1n) is 7.38. The van der Waals surface area contributed by atoms with Crippen LogP contribution in [0.25, 0.3) is 0 Å². The number of nitrogens with one attached hydrogen (secondary N) is 2. The van der Waals surface area contributed by atoms with Crippen LogP contribution in [0.1, 0.15) is 23.7 Å². The van der Waals surface area contributed by atoms with E-state index in [1.807, 2.05) is 30.3 Å². The van der Waals surface area contributed by atoms with E-state index in [1.165, 1.54) is 0 Å². The molecule has 1 amide bonds. The second-order valence-corrected chi connectivity index (χ2v) is 5.16. The molecule has 0 saturated heterocycles. The summed E-state index contributed by atoms with van der Waals surface area (Å²) < 4.78 is 5.58. The number of rotatable bonds is 4. The molecule has 3 rings (SSSR count). The Morgan fingerprint density at radius 3 is 3.09 bits per heavy atom. The Morgan fingerprint density at radius 1 is 1.35 bits per heavy atom. The van der Waals surface area contributed by atoms with Gasteiger partial charge in [0.25, 0.3) is 0 Å². The number of fused-ring (bicyclic) bond motifs is 1. The molecule has 0 radical (unpaired) electrons. The number of amides is 1. The first-order valence-corrected chi connectivity index (χ1v) is 7.38. The Balaban J connectivity index is 1.62. The number of hydrogen-bond acceptors (Lipinski definition) is 5. The van der Waals surface area contributed by atoms with Crippen LogP contribution in [-0.4, -0.2) is 24.0 Å². The minimum atomic E-state index is -0.139. The first kappa shape index (κ1) is 14.9. The summed E-state index contributed by atoms with van der Waals surface area (Å²) in [6.07, 6.45) is 2.28. The van der Waals surface area contributed by atoms with Crippen molar-refractivity contribution in [1.82, 2.24) is 10.3 Å². The monoisotopic (exact) mass is 308 g/mol. The lowest BCUT2D eigenvalue weighted by Gasteiger charge is -2.26. The number of ether oxygens (including phenoxy) is 1. The number of pyridine rings is 1. The Hall–Kier alpha value is -3.07. The highest BCUT2D eigenvalue weighted by Crippen LogP contribution is 2.31. The van der Waals surface area contributed by atoms with Crippen molar-refractivity contribution in [3.8, 4) is 11.8 Å². The zero-order chi connectivity index (χ0) is 16.1. The normalized spacial score (nSPS) is 15.7. The van der Waals surface area contributed by atoms with Crippen LogP contribution in [0, 0.1) is 11.3 Å². The molecule has 1 unspecified atom stereocenters. The lowest BCUT2D eigenvalue weighted by atomic mass is 10.0. The van der Waals surface area contributed by atoms with Crippen LogP contribution in [0.4, 0.5) is 5.69 Å². The van der Waals surface area contributed by atoms with E-state index in [1.54, 1.807) is 18.3 Å². The number of hydrogen-bond donors (Lipinski definition) is 2. The highest BCUT2D eigenvalue weighted by molar-refractivity contribution is 5.81. The molecule has 23 heavy (non-hydrogen) atoms. The molecule has 1 aromatic carbocycles. The Morgan fingerprint density at radius 2 is 2.22 bits per heavy atom. The minimum absolute atomic E-state index is 0.0569. The van der Waals surface area contributed by atoms with Crippen molar-refractivity contribution in [2.45, 2.75) is 12.5 Å². The topological polar surface area (TPSA) is 87.0 Å². The molecule has 1 aliphatic heterocycles. The number of nitriles is 1. The summed E-state index contributed by atoms with van der Waals surface area (Å²) >= 11 is 0. The third-order valence-corrected chi connectivity index (χ3v) is 3.65. The van der Waals surface area contributed by atoms with Gasteiger partial charge in [0.2, 0.25) is 5.91 Å². The number of carbonyl (C=O) groups is 1. The van der Waals surface area contributed by atoms with Crippen molar-refractivity contribution in [2.24, 2.45) is 0 Å². The fourth-order valence-electron chi connectivity index (χ4n) is 2.55. The van der Waals surface area contributed by atoms with E-state index in [0.29, 0.717) is 12.3 Å². The second-order valence-electron chi connectivity index (χ2n) is 5.16. The molecule has 0 aliphatic carbocycles. The predicted molar refractivity (Wildman–Crippen MR) is 84.9 cm³/mol. The molecule has 1 atom stereocenters. The van der Waals surface area contributed by atoms with Crippen LogP contribution < -0.4 is 15.4 Å². The minimum Gasteiger partial charge on any atom is -0.493 e. The van der Waals surface area contributed by atoms with E-state index in [4.69, 9.17) is 10.00 Å². The molecule has 2 N–H and O–H groups in total. The molecule has 2 heterocycles. The summed E-state index contributed by atoms with van der Waals surface area (Å²) in [6.45, 7) is 0.663. The van der Waals surface area contributed by atoms with E-state index < -0.39 is 0 Å². The van der Waals surface area contributed by atoms with Gasteiger partial charge in [-0.3, -0.25) is 4.79 Å². The van der Waals surface area contributed by atoms with Crippen LogP contribution in [0.15, 0.2) is 42.6 Å². The molecule has 1 aliphatic rings. The van der Waals surface area contributed by atoms with Crippen molar-refractivity contribution in [3.63, 3.8) is 0 Å². The summed E-state index contributed by atoms with van der Waals surface area (Å²) in [6, 6.07) is 13.1. The van der Waals surface area contributed by atoms with Gasteiger partial charge in [0, 0.05) is 18.2 Å². The molecule has 0 fully saturated rings. The maximum Gasteiger partial charge on any atom is 0.239 e. The zero-order valence-corrected chi connectivity index (χ0v) is 12.5. The van der Waals surface area contributed by atoms with Gasteiger partial charge in [0.05, 0.1) is 24.9 Å². The van der Waals surface area contributed by atoms with Crippen LogP contribution in [0.2, 0.25) is 0 Å². The maximum absolute atomic E-state index is 12.2. The molecular formula is C17H16N4O2. The van der Waals surface area contributed by atoms with Crippen LogP contribution in [-0.2, 0) is 4.79 Å². The molecule has 2 aromatic rings. The van der Waals surface area contributed by atoms with Crippen LogP contribution in [0.5, 0.6) is 5.75 Å². The maximum atomic E-state index is 12.2. The summed E-state index contributed by atoms with van der Waals surface area (Å²) in [5, 5.41) is 14.9. The Labute approximate surface area is 134 Å². The molecule has 0 saturated carbocycles. The number of carbonyl (C=O) groups excluding carboxylic acids is 1. The van der Waals surface area contributed by atoms with Crippen molar-refractivity contribution in [2.75, 3.05) is 18.5 Å². The van der Waals surface area contributed by atoms with Crippen molar-refractivity contribution in [3.05, 3.63) is 53.9 Å². The van der Waals surface area contributed by atoms with Gasteiger partial charge in [0.1, 0.15) is 11.8 Å². The van der Waals surface area contributed by atoms with E-state index in [9.17, 15) is 4.79 Å². The summed E-state index contributed by atoms with van der Waals surface area (Å²) in [4.78, 5) is 16.1. The van der Waals surface area contributed by atoms with Gasteiger partial charge in [-0.15, -0.1) is 0 Å². The van der Waals surface area contributed by atoms with E-state index in [2.05, 4.69) is 15.6 Å². The van der Waals surface area contributed by atoms with Gasteiger partial charge < -0.3 is 15.4 Å². The van der Waals surface area contributed by atoms with Crippen molar-refractivity contribution >= 4 is 11.6 Å². The SMILES string of the molecule is N#Cc1ncccc1NCC(=O)NC1CCOc2ccccc21.